The molecule has 1 heterocycles. The maximum atomic E-state index is 13.6. The van der Waals surface area contributed by atoms with Crippen LogP contribution in [-0.4, -0.2) is 28.0 Å². The van der Waals surface area contributed by atoms with Crippen molar-refractivity contribution in [3.63, 3.8) is 0 Å². The number of ether oxygens (including phenoxy) is 2. The van der Waals surface area contributed by atoms with Gasteiger partial charge < -0.3 is 14.6 Å². The SMILES string of the molecule is COc1ccc2c(c1C(O)c1ccc(C)cc1)c(=O)n(CCCOCc1ccccc1)c(=O)n2C. The summed E-state index contributed by atoms with van der Waals surface area (Å²) in [6, 6.07) is 20.6. The van der Waals surface area contributed by atoms with Crippen molar-refractivity contribution < 1.29 is 14.6 Å². The molecule has 1 N–H and O–H groups in total. The van der Waals surface area contributed by atoms with Crippen molar-refractivity contribution in [2.24, 2.45) is 7.05 Å². The van der Waals surface area contributed by atoms with Crippen molar-refractivity contribution >= 4 is 10.9 Å². The number of aromatic nitrogens is 2. The molecule has 182 valence electrons. The Morgan fingerprint density at radius 3 is 2.37 bits per heavy atom. The summed E-state index contributed by atoms with van der Waals surface area (Å²) in [5.41, 5.74) is 2.69. The second-order valence-corrected chi connectivity index (χ2v) is 8.58. The van der Waals surface area contributed by atoms with Gasteiger partial charge in [-0.15, -0.1) is 0 Å². The van der Waals surface area contributed by atoms with Crippen LogP contribution in [0.25, 0.3) is 10.9 Å². The minimum absolute atomic E-state index is 0.202. The van der Waals surface area contributed by atoms with Crippen molar-refractivity contribution in [2.75, 3.05) is 13.7 Å². The van der Waals surface area contributed by atoms with Crippen LogP contribution in [0.5, 0.6) is 5.75 Å². The Bertz CT molecular complexity index is 1420. The third-order valence-electron chi connectivity index (χ3n) is 6.19. The van der Waals surface area contributed by atoms with Crippen LogP contribution >= 0.6 is 0 Å². The van der Waals surface area contributed by atoms with E-state index in [0.717, 1.165) is 11.1 Å². The van der Waals surface area contributed by atoms with Gasteiger partial charge in [0.05, 0.1) is 24.6 Å². The summed E-state index contributed by atoms with van der Waals surface area (Å²) in [6.45, 7) is 3.04. The van der Waals surface area contributed by atoms with E-state index in [0.29, 0.717) is 42.0 Å². The molecule has 0 saturated carbocycles. The Balaban J connectivity index is 1.69. The van der Waals surface area contributed by atoms with Gasteiger partial charge >= 0.3 is 5.69 Å². The van der Waals surface area contributed by atoms with Gasteiger partial charge in [0.15, 0.2) is 0 Å². The number of methoxy groups -OCH3 is 1. The number of hydrogen-bond acceptors (Lipinski definition) is 5. The van der Waals surface area contributed by atoms with E-state index >= 15 is 0 Å². The monoisotopic (exact) mass is 474 g/mol. The first kappa shape index (κ1) is 24.4. The molecule has 0 aliphatic heterocycles. The van der Waals surface area contributed by atoms with Crippen LogP contribution in [0.2, 0.25) is 0 Å². The molecular formula is C28H30N2O5. The predicted octanol–water partition coefficient (Wildman–Crippen LogP) is 3.71. The van der Waals surface area contributed by atoms with E-state index in [1.54, 1.807) is 19.2 Å². The van der Waals surface area contributed by atoms with E-state index < -0.39 is 17.4 Å². The van der Waals surface area contributed by atoms with Crippen LogP contribution in [0.15, 0.2) is 76.3 Å². The molecule has 4 aromatic rings. The number of benzene rings is 3. The van der Waals surface area contributed by atoms with E-state index in [4.69, 9.17) is 9.47 Å². The van der Waals surface area contributed by atoms with Crippen LogP contribution in [-0.2, 0) is 24.9 Å². The Labute approximate surface area is 203 Å². The maximum absolute atomic E-state index is 13.6. The number of hydrogen-bond donors (Lipinski definition) is 1. The molecule has 0 aliphatic rings. The van der Waals surface area contributed by atoms with Gasteiger partial charge in [0.25, 0.3) is 5.56 Å². The summed E-state index contributed by atoms with van der Waals surface area (Å²) in [6.07, 6.45) is -0.602. The number of fused-ring (bicyclic) bond motifs is 1. The van der Waals surface area contributed by atoms with Crippen LogP contribution in [0.3, 0.4) is 0 Å². The highest BCUT2D eigenvalue weighted by atomic mass is 16.5. The summed E-state index contributed by atoms with van der Waals surface area (Å²) in [5, 5.41) is 11.6. The van der Waals surface area contributed by atoms with Crippen molar-refractivity contribution in [3.8, 4) is 5.75 Å². The van der Waals surface area contributed by atoms with Crippen LogP contribution in [0, 0.1) is 6.92 Å². The minimum Gasteiger partial charge on any atom is -0.496 e. The van der Waals surface area contributed by atoms with Gasteiger partial charge in [-0.25, -0.2) is 4.79 Å². The van der Waals surface area contributed by atoms with Gasteiger partial charge in [0.2, 0.25) is 0 Å². The highest BCUT2D eigenvalue weighted by Crippen LogP contribution is 2.34. The number of aryl methyl sites for hydroxylation is 2. The van der Waals surface area contributed by atoms with Crippen molar-refractivity contribution in [1.29, 1.82) is 0 Å². The van der Waals surface area contributed by atoms with Gasteiger partial charge in [-0.1, -0.05) is 60.2 Å². The zero-order valence-electron chi connectivity index (χ0n) is 20.2. The molecule has 7 heteroatoms. The largest absolute Gasteiger partial charge is 0.496 e. The lowest BCUT2D eigenvalue weighted by molar-refractivity contribution is 0.115. The molecule has 1 unspecified atom stereocenters. The Morgan fingerprint density at radius 1 is 0.971 bits per heavy atom. The van der Waals surface area contributed by atoms with Crippen molar-refractivity contribution in [1.82, 2.24) is 9.13 Å². The molecule has 0 fully saturated rings. The Hall–Kier alpha value is -3.68. The fourth-order valence-corrected chi connectivity index (χ4v) is 4.25. The molecule has 0 amide bonds. The molecule has 1 aromatic heterocycles. The number of aliphatic hydroxyl groups excluding tert-OH is 1. The smallest absolute Gasteiger partial charge is 0.331 e. The summed E-state index contributed by atoms with van der Waals surface area (Å²) < 4.78 is 13.9. The molecule has 0 bridgehead atoms. The van der Waals surface area contributed by atoms with Crippen LogP contribution < -0.4 is 16.0 Å². The Kier molecular flexibility index (Phi) is 7.48. The van der Waals surface area contributed by atoms with Crippen molar-refractivity contribution in [2.45, 2.75) is 32.6 Å². The first-order valence-corrected chi connectivity index (χ1v) is 11.6. The molecular weight excluding hydrogens is 444 g/mol. The summed E-state index contributed by atoms with van der Waals surface area (Å²) in [7, 11) is 3.12. The lowest BCUT2D eigenvalue weighted by atomic mass is 9.96. The topological polar surface area (TPSA) is 82.7 Å². The maximum Gasteiger partial charge on any atom is 0.331 e. The average Bonchev–Trinajstić information content (AvgIpc) is 2.88. The van der Waals surface area contributed by atoms with E-state index in [1.165, 1.54) is 16.2 Å². The summed E-state index contributed by atoms with van der Waals surface area (Å²) in [4.78, 5) is 26.6. The van der Waals surface area contributed by atoms with Gasteiger partial charge in [0, 0.05) is 25.8 Å². The third-order valence-corrected chi connectivity index (χ3v) is 6.19. The van der Waals surface area contributed by atoms with E-state index in [-0.39, 0.29) is 11.9 Å². The highest BCUT2D eigenvalue weighted by Gasteiger charge is 2.24. The number of rotatable bonds is 9. The first-order valence-electron chi connectivity index (χ1n) is 11.6. The van der Waals surface area contributed by atoms with E-state index in [2.05, 4.69) is 0 Å². The number of nitrogens with zero attached hydrogens (tertiary/aromatic N) is 2. The fourth-order valence-electron chi connectivity index (χ4n) is 4.25. The average molecular weight is 475 g/mol. The quantitative estimate of drug-likeness (QED) is 0.374. The molecule has 0 saturated heterocycles. The lowest BCUT2D eigenvalue weighted by Crippen LogP contribution is -2.40. The zero-order chi connectivity index (χ0) is 24.9. The predicted molar refractivity (Wildman–Crippen MR) is 136 cm³/mol. The molecule has 0 aliphatic carbocycles. The highest BCUT2D eigenvalue weighted by molar-refractivity contribution is 5.85. The third kappa shape index (κ3) is 5.06. The van der Waals surface area contributed by atoms with Gasteiger partial charge in [-0.3, -0.25) is 13.9 Å². The molecule has 35 heavy (non-hydrogen) atoms. The van der Waals surface area contributed by atoms with Crippen LogP contribution in [0.1, 0.15) is 34.8 Å². The summed E-state index contributed by atoms with van der Waals surface area (Å²) in [5.74, 6) is 0.388. The molecule has 7 nitrogen and oxygen atoms in total. The normalized spacial score (nSPS) is 12.1. The Morgan fingerprint density at radius 2 is 1.69 bits per heavy atom. The lowest BCUT2D eigenvalue weighted by Gasteiger charge is -2.20. The molecule has 1 atom stereocenters. The molecule has 3 aromatic carbocycles. The second-order valence-electron chi connectivity index (χ2n) is 8.58. The molecule has 0 spiro atoms. The fraction of sp³-hybridized carbons (Fsp3) is 0.286. The summed E-state index contributed by atoms with van der Waals surface area (Å²) >= 11 is 0. The van der Waals surface area contributed by atoms with Crippen molar-refractivity contribution in [3.05, 3.63) is 110 Å². The molecule has 4 rings (SSSR count). The van der Waals surface area contributed by atoms with Crippen LogP contribution in [0.4, 0.5) is 0 Å². The van der Waals surface area contributed by atoms with E-state index in [9.17, 15) is 14.7 Å². The first-order chi connectivity index (χ1) is 16.9. The minimum atomic E-state index is -1.10. The second kappa shape index (κ2) is 10.7. The standard InChI is InChI=1S/C28H30N2O5/c1-19-10-12-21(13-11-19)26(31)25-23(34-3)15-14-22-24(25)27(32)30(28(33)29(22)2)16-7-17-35-18-20-8-5-4-6-9-20/h4-6,8-15,26,31H,7,16-18H2,1-3H3. The van der Waals surface area contributed by atoms with E-state index in [1.807, 2.05) is 61.5 Å². The van der Waals surface area contributed by atoms with Gasteiger partial charge in [0.1, 0.15) is 11.9 Å². The zero-order valence-corrected chi connectivity index (χ0v) is 20.2. The molecule has 0 radical (unpaired) electrons. The number of aliphatic hydroxyl groups is 1. The van der Waals surface area contributed by atoms with Gasteiger partial charge in [-0.2, -0.15) is 0 Å². The van der Waals surface area contributed by atoms with Gasteiger partial charge in [-0.05, 0) is 36.6 Å².